The molecule has 0 unspecified atom stereocenters. The number of nitrogens with zero attached hydrogens (tertiary/aromatic N) is 2. The number of rotatable bonds is 5. The fourth-order valence-corrected chi connectivity index (χ4v) is 2.24. The van der Waals surface area contributed by atoms with E-state index in [1.165, 1.54) is 38.4 Å². The Labute approximate surface area is 141 Å². The predicted octanol–water partition coefficient (Wildman–Crippen LogP) is -0.351. The van der Waals surface area contributed by atoms with Crippen molar-refractivity contribution in [3.8, 4) is 0 Å². The van der Waals surface area contributed by atoms with Crippen molar-refractivity contribution in [2.24, 2.45) is 14.1 Å². The Balaban J connectivity index is 2.27. The molecular weight excluding hydrogens is 333 g/mol. The largest absolute Gasteiger partial charge is 0.480 e. The van der Waals surface area contributed by atoms with Crippen LogP contribution < -0.4 is 16.6 Å². The van der Waals surface area contributed by atoms with Gasteiger partial charge in [-0.25, -0.2) is 14.0 Å². The van der Waals surface area contributed by atoms with Gasteiger partial charge < -0.3 is 10.4 Å². The SMILES string of the molecule is Cn1c(C(=O)N[C@@H](Cc2ccc(F)cc2)C(=O)O)cc(=O)n(C)c1=O. The van der Waals surface area contributed by atoms with E-state index in [-0.39, 0.29) is 12.1 Å². The van der Waals surface area contributed by atoms with Gasteiger partial charge in [-0.3, -0.25) is 18.7 Å². The predicted molar refractivity (Wildman–Crippen MR) is 85.9 cm³/mol. The number of hydrogen-bond acceptors (Lipinski definition) is 4. The molecular formula is C16H16FN3O5. The number of halogens is 1. The summed E-state index contributed by atoms with van der Waals surface area (Å²) in [6.45, 7) is 0. The van der Waals surface area contributed by atoms with Gasteiger partial charge in [-0.1, -0.05) is 12.1 Å². The Morgan fingerprint density at radius 3 is 2.32 bits per heavy atom. The lowest BCUT2D eigenvalue weighted by atomic mass is 10.1. The Morgan fingerprint density at radius 1 is 1.16 bits per heavy atom. The lowest BCUT2D eigenvalue weighted by Gasteiger charge is -2.16. The number of nitrogens with one attached hydrogen (secondary N) is 1. The molecule has 1 aromatic heterocycles. The molecule has 1 atom stereocenters. The molecule has 0 bridgehead atoms. The molecule has 0 spiro atoms. The second kappa shape index (κ2) is 7.12. The van der Waals surface area contributed by atoms with E-state index in [0.29, 0.717) is 5.56 Å². The van der Waals surface area contributed by atoms with Crippen LogP contribution in [-0.4, -0.2) is 32.2 Å². The highest BCUT2D eigenvalue weighted by atomic mass is 19.1. The van der Waals surface area contributed by atoms with Gasteiger partial charge in [-0.15, -0.1) is 0 Å². The van der Waals surface area contributed by atoms with Crippen molar-refractivity contribution in [2.75, 3.05) is 0 Å². The molecule has 25 heavy (non-hydrogen) atoms. The molecule has 0 saturated carbocycles. The Kier molecular flexibility index (Phi) is 5.16. The summed E-state index contributed by atoms with van der Waals surface area (Å²) in [5.74, 6) is -2.63. The molecule has 9 heteroatoms. The third-order valence-corrected chi connectivity index (χ3v) is 3.72. The van der Waals surface area contributed by atoms with E-state index in [0.717, 1.165) is 15.2 Å². The van der Waals surface area contributed by atoms with Crippen molar-refractivity contribution in [1.82, 2.24) is 14.5 Å². The Hall–Kier alpha value is -3.23. The fraction of sp³-hybridized carbons (Fsp3) is 0.250. The van der Waals surface area contributed by atoms with Crippen LogP contribution in [0, 0.1) is 5.82 Å². The summed E-state index contributed by atoms with van der Waals surface area (Å²) in [5.41, 5.74) is -1.13. The maximum Gasteiger partial charge on any atom is 0.331 e. The number of aliphatic carboxylic acids is 1. The minimum Gasteiger partial charge on any atom is -0.480 e. The van der Waals surface area contributed by atoms with Crippen molar-refractivity contribution in [3.05, 3.63) is 68.2 Å². The molecule has 2 N–H and O–H groups in total. The van der Waals surface area contributed by atoms with Gasteiger partial charge in [0.15, 0.2) is 0 Å². The van der Waals surface area contributed by atoms with Gasteiger partial charge in [0.25, 0.3) is 11.5 Å². The Bertz CT molecular complexity index is 930. The highest BCUT2D eigenvalue weighted by molar-refractivity contribution is 5.95. The molecule has 1 heterocycles. The highest BCUT2D eigenvalue weighted by Gasteiger charge is 2.23. The van der Waals surface area contributed by atoms with Crippen LogP contribution in [0.2, 0.25) is 0 Å². The van der Waals surface area contributed by atoms with Crippen molar-refractivity contribution >= 4 is 11.9 Å². The van der Waals surface area contributed by atoms with E-state index < -0.39 is 35.0 Å². The number of aromatic nitrogens is 2. The molecule has 0 saturated heterocycles. The summed E-state index contributed by atoms with van der Waals surface area (Å²) in [7, 11) is 2.56. The summed E-state index contributed by atoms with van der Waals surface area (Å²) in [4.78, 5) is 47.2. The van der Waals surface area contributed by atoms with E-state index in [9.17, 15) is 28.7 Å². The number of amides is 1. The Morgan fingerprint density at radius 2 is 1.76 bits per heavy atom. The molecule has 0 aliphatic carbocycles. The molecule has 0 aliphatic heterocycles. The average Bonchev–Trinajstić information content (AvgIpc) is 2.57. The first-order valence-electron chi connectivity index (χ1n) is 7.26. The zero-order chi connectivity index (χ0) is 18.7. The second-order valence-electron chi connectivity index (χ2n) is 5.46. The maximum absolute atomic E-state index is 12.9. The van der Waals surface area contributed by atoms with Gasteiger partial charge in [0.05, 0.1) is 0 Å². The van der Waals surface area contributed by atoms with Gasteiger partial charge in [0.2, 0.25) is 0 Å². The first kappa shape index (κ1) is 18.1. The number of carbonyl (C=O) groups excluding carboxylic acids is 1. The third-order valence-electron chi connectivity index (χ3n) is 3.72. The summed E-state index contributed by atoms with van der Waals surface area (Å²) in [5, 5.41) is 11.6. The van der Waals surface area contributed by atoms with E-state index >= 15 is 0 Å². The van der Waals surface area contributed by atoms with E-state index in [1.807, 2.05) is 0 Å². The van der Waals surface area contributed by atoms with Gasteiger partial charge in [-0.2, -0.15) is 0 Å². The summed E-state index contributed by atoms with van der Waals surface area (Å²) in [6.07, 6.45) is -0.0832. The standard InChI is InChI=1S/C16H16FN3O5/c1-19-12(8-13(21)20(2)16(19)25)14(22)18-11(15(23)24)7-9-3-5-10(17)6-4-9/h3-6,8,11H,7H2,1-2H3,(H,18,22)(H,23,24)/t11-/m0/s1. The maximum atomic E-state index is 12.9. The molecule has 1 amide bonds. The van der Waals surface area contributed by atoms with Crippen molar-refractivity contribution < 1.29 is 19.1 Å². The third kappa shape index (κ3) is 4.00. The quantitative estimate of drug-likeness (QED) is 0.767. The zero-order valence-corrected chi connectivity index (χ0v) is 13.5. The smallest absolute Gasteiger partial charge is 0.331 e. The van der Waals surface area contributed by atoms with Crippen LogP contribution in [0.5, 0.6) is 0 Å². The lowest BCUT2D eigenvalue weighted by Crippen LogP contribution is -2.46. The van der Waals surface area contributed by atoms with Crippen LogP contribution in [0.3, 0.4) is 0 Å². The van der Waals surface area contributed by atoms with Crippen LogP contribution in [0.25, 0.3) is 0 Å². The number of carbonyl (C=O) groups is 2. The number of benzene rings is 1. The van der Waals surface area contributed by atoms with Crippen molar-refractivity contribution in [3.63, 3.8) is 0 Å². The van der Waals surface area contributed by atoms with E-state index in [1.54, 1.807) is 0 Å². The number of carboxylic acid groups (broad SMARTS) is 1. The first-order chi connectivity index (χ1) is 11.7. The molecule has 0 fully saturated rings. The normalized spacial score (nSPS) is 11.8. The summed E-state index contributed by atoms with van der Waals surface area (Å²) in [6, 6.07) is 4.82. The van der Waals surface area contributed by atoms with Gasteiger partial charge >= 0.3 is 11.7 Å². The molecule has 132 valence electrons. The minimum atomic E-state index is -1.31. The van der Waals surface area contributed by atoms with E-state index in [2.05, 4.69) is 5.32 Å². The van der Waals surface area contributed by atoms with Crippen LogP contribution in [0.1, 0.15) is 16.1 Å². The molecule has 1 aromatic carbocycles. The van der Waals surface area contributed by atoms with E-state index in [4.69, 9.17) is 0 Å². The molecule has 0 radical (unpaired) electrons. The summed E-state index contributed by atoms with van der Waals surface area (Å²) < 4.78 is 14.7. The second-order valence-corrected chi connectivity index (χ2v) is 5.46. The van der Waals surface area contributed by atoms with Gasteiger partial charge in [0, 0.05) is 26.6 Å². The van der Waals surface area contributed by atoms with Crippen molar-refractivity contribution in [1.29, 1.82) is 0 Å². The van der Waals surface area contributed by atoms with Crippen LogP contribution in [0.4, 0.5) is 4.39 Å². The average molecular weight is 349 g/mol. The molecule has 2 rings (SSSR count). The van der Waals surface area contributed by atoms with Gasteiger partial charge in [-0.05, 0) is 17.7 Å². The summed E-state index contributed by atoms with van der Waals surface area (Å²) >= 11 is 0. The monoisotopic (exact) mass is 349 g/mol. The number of hydrogen-bond donors (Lipinski definition) is 2. The zero-order valence-electron chi connectivity index (χ0n) is 13.5. The topological polar surface area (TPSA) is 110 Å². The van der Waals surface area contributed by atoms with Gasteiger partial charge in [0.1, 0.15) is 17.6 Å². The van der Waals surface area contributed by atoms with Crippen LogP contribution in [-0.2, 0) is 25.3 Å². The van der Waals surface area contributed by atoms with Crippen molar-refractivity contribution in [2.45, 2.75) is 12.5 Å². The highest BCUT2D eigenvalue weighted by Crippen LogP contribution is 2.07. The number of carboxylic acids is 1. The fourth-order valence-electron chi connectivity index (χ4n) is 2.24. The molecule has 0 aliphatic rings. The minimum absolute atomic E-state index is 0.0832. The molecule has 2 aromatic rings. The van der Waals surface area contributed by atoms with Crippen LogP contribution in [0.15, 0.2) is 39.9 Å². The molecule has 8 nitrogen and oxygen atoms in total. The first-order valence-corrected chi connectivity index (χ1v) is 7.26. The lowest BCUT2D eigenvalue weighted by molar-refractivity contribution is -0.139. The van der Waals surface area contributed by atoms with Crippen LogP contribution >= 0.6 is 0 Å².